The van der Waals surface area contributed by atoms with Gasteiger partial charge < -0.3 is 10.6 Å². The molecule has 2 fully saturated rings. The van der Waals surface area contributed by atoms with Crippen LogP contribution in [0.2, 0.25) is 0 Å². The molecule has 2 aromatic carbocycles. The number of rotatable bonds is 6. The Morgan fingerprint density at radius 2 is 1.83 bits per heavy atom. The third-order valence-corrected chi connectivity index (χ3v) is 6.25. The second-order valence-electron chi connectivity index (χ2n) is 7.72. The van der Waals surface area contributed by atoms with E-state index in [2.05, 4.69) is 26.6 Å². The number of nitrogens with zero attached hydrogens (tertiary/aromatic N) is 1. The van der Waals surface area contributed by atoms with E-state index in [9.17, 15) is 14.4 Å². The lowest BCUT2D eigenvalue weighted by molar-refractivity contribution is -0.135. The lowest BCUT2D eigenvalue weighted by atomic mass is 9.92. The SMILES string of the molecule is CC1(c2ccccc2Br)NC(=O)N(CC(=O)NC(c2ccccc2)C2CC2)C1=O. The Hall–Kier alpha value is -2.67. The van der Waals surface area contributed by atoms with Crippen LogP contribution in [0.4, 0.5) is 4.79 Å². The molecule has 29 heavy (non-hydrogen) atoms. The minimum atomic E-state index is -1.22. The highest BCUT2D eigenvalue weighted by Crippen LogP contribution is 2.41. The molecule has 2 N–H and O–H groups in total. The molecule has 0 bridgehead atoms. The average Bonchev–Trinajstić information content (AvgIpc) is 3.52. The zero-order valence-corrected chi connectivity index (χ0v) is 17.6. The average molecular weight is 456 g/mol. The summed E-state index contributed by atoms with van der Waals surface area (Å²) in [6, 6.07) is 16.4. The van der Waals surface area contributed by atoms with Crippen LogP contribution < -0.4 is 10.6 Å². The Balaban J connectivity index is 1.49. The maximum Gasteiger partial charge on any atom is 0.325 e. The maximum atomic E-state index is 13.1. The maximum absolute atomic E-state index is 13.1. The summed E-state index contributed by atoms with van der Waals surface area (Å²) >= 11 is 3.44. The molecule has 1 saturated carbocycles. The molecule has 1 saturated heterocycles. The molecule has 0 radical (unpaired) electrons. The summed E-state index contributed by atoms with van der Waals surface area (Å²) in [4.78, 5) is 39.3. The molecule has 4 rings (SSSR count). The number of halogens is 1. The molecule has 1 aliphatic heterocycles. The number of amides is 4. The monoisotopic (exact) mass is 455 g/mol. The highest BCUT2D eigenvalue weighted by atomic mass is 79.9. The van der Waals surface area contributed by atoms with Crippen LogP contribution >= 0.6 is 15.9 Å². The van der Waals surface area contributed by atoms with Crippen LogP contribution in [0.1, 0.15) is 36.9 Å². The van der Waals surface area contributed by atoms with E-state index in [1.807, 2.05) is 42.5 Å². The predicted molar refractivity (Wildman–Crippen MR) is 112 cm³/mol. The zero-order valence-electron chi connectivity index (χ0n) is 16.0. The van der Waals surface area contributed by atoms with Crippen molar-refractivity contribution in [2.24, 2.45) is 5.92 Å². The number of hydrogen-bond donors (Lipinski definition) is 2. The number of benzene rings is 2. The van der Waals surface area contributed by atoms with Crippen molar-refractivity contribution < 1.29 is 14.4 Å². The highest BCUT2D eigenvalue weighted by molar-refractivity contribution is 9.10. The fourth-order valence-electron chi connectivity index (χ4n) is 3.82. The molecule has 0 aromatic heterocycles. The second kappa shape index (κ2) is 7.63. The van der Waals surface area contributed by atoms with Gasteiger partial charge in [-0.1, -0.05) is 64.5 Å². The van der Waals surface area contributed by atoms with Gasteiger partial charge in [-0.2, -0.15) is 0 Å². The Labute approximate surface area is 177 Å². The van der Waals surface area contributed by atoms with Gasteiger partial charge in [0.05, 0.1) is 6.04 Å². The van der Waals surface area contributed by atoms with Crippen molar-refractivity contribution in [2.45, 2.75) is 31.3 Å². The van der Waals surface area contributed by atoms with Crippen molar-refractivity contribution in [2.75, 3.05) is 6.54 Å². The minimum Gasteiger partial charge on any atom is -0.347 e. The standard InChI is InChI=1S/C22H22BrN3O3/c1-22(16-9-5-6-10-17(16)23)20(28)26(21(29)25-22)13-18(27)24-19(15-11-12-15)14-7-3-2-4-8-14/h2-10,15,19H,11-13H2,1H3,(H,24,27)(H,25,29). The molecule has 7 heteroatoms. The first kappa shape index (κ1) is 19.6. The Bertz CT molecular complexity index is 961. The number of carbonyl (C=O) groups excluding carboxylic acids is 3. The first-order chi connectivity index (χ1) is 13.9. The van der Waals surface area contributed by atoms with E-state index in [-0.39, 0.29) is 18.5 Å². The Kier molecular flexibility index (Phi) is 5.17. The van der Waals surface area contributed by atoms with E-state index >= 15 is 0 Å². The topological polar surface area (TPSA) is 78.5 Å². The first-order valence-electron chi connectivity index (χ1n) is 9.63. The Morgan fingerprint density at radius 3 is 2.48 bits per heavy atom. The number of nitrogens with one attached hydrogen (secondary N) is 2. The predicted octanol–water partition coefficient (Wildman–Crippen LogP) is 3.48. The van der Waals surface area contributed by atoms with Gasteiger partial charge in [-0.05, 0) is 37.3 Å². The molecule has 6 nitrogen and oxygen atoms in total. The summed E-state index contributed by atoms with van der Waals surface area (Å²) in [5.74, 6) is -0.382. The van der Waals surface area contributed by atoms with Crippen LogP contribution in [0.3, 0.4) is 0 Å². The van der Waals surface area contributed by atoms with Crippen LogP contribution in [-0.4, -0.2) is 29.3 Å². The third-order valence-electron chi connectivity index (χ3n) is 5.56. The number of imide groups is 1. The van der Waals surface area contributed by atoms with Gasteiger partial charge in [-0.25, -0.2) is 4.79 Å². The summed E-state index contributed by atoms with van der Waals surface area (Å²) in [6.45, 7) is 1.35. The highest BCUT2D eigenvalue weighted by Gasteiger charge is 2.50. The summed E-state index contributed by atoms with van der Waals surface area (Å²) < 4.78 is 0.723. The molecule has 0 spiro atoms. The van der Waals surface area contributed by atoms with E-state index in [0.29, 0.717) is 11.5 Å². The summed E-state index contributed by atoms with van der Waals surface area (Å²) in [5, 5.41) is 5.76. The first-order valence-corrected chi connectivity index (χ1v) is 10.4. The number of carbonyl (C=O) groups is 3. The van der Waals surface area contributed by atoms with Gasteiger partial charge in [0.2, 0.25) is 5.91 Å². The zero-order chi connectivity index (χ0) is 20.6. The fourth-order valence-corrected chi connectivity index (χ4v) is 4.50. The third kappa shape index (κ3) is 3.79. The van der Waals surface area contributed by atoms with E-state index < -0.39 is 17.5 Å². The summed E-state index contributed by atoms with van der Waals surface area (Å²) in [7, 11) is 0. The van der Waals surface area contributed by atoms with Crippen LogP contribution in [0.5, 0.6) is 0 Å². The van der Waals surface area contributed by atoms with Gasteiger partial charge in [-0.3, -0.25) is 14.5 Å². The van der Waals surface area contributed by atoms with Crippen LogP contribution in [-0.2, 0) is 15.1 Å². The van der Waals surface area contributed by atoms with E-state index in [0.717, 1.165) is 27.8 Å². The largest absolute Gasteiger partial charge is 0.347 e. The van der Waals surface area contributed by atoms with E-state index in [4.69, 9.17) is 0 Å². The van der Waals surface area contributed by atoms with Crippen LogP contribution in [0, 0.1) is 5.92 Å². The van der Waals surface area contributed by atoms with E-state index in [1.165, 1.54) is 0 Å². The molecule has 2 aromatic rings. The summed E-state index contributed by atoms with van der Waals surface area (Å²) in [5.41, 5.74) is 0.479. The van der Waals surface area contributed by atoms with Crippen molar-refractivity contribution in [3.05, 3.63) is 70.2 Å². The second-order valence-corrected chi connectivity index (χ2v) is 8.57. The van der Waals surface area contributed by atoms with Gasteiger partial charge in [0.1, 0.15) is 12.1 Å². The summed E-state index contributed by atoms with van der Waals surface area (Å²) in [6.07, 6.45) is 2.12. The van der Waals surface area contributed by atoms with Crippen molar-refractivity contribution in [1.82, 2.24) is 15.5 Å². The smallest absolute Gasteiger partial charge is 0.325 e. The molecule has 2 unspecified atom stereocenters. The Morgan fingerprint density at radius 1 is 1.17 bits per heavy atom. The van der Waals surface area contributed by atoms with Crippen LogP contribution in [0.25, 0.3) is 0 Å². The van der Waals surface area contributed by atoms with Crippen molar-refractivity contribution in [1.29, 1.82) is 0 Å². The number of hydrogen-bond acceptors (Lipinski definition) is 3. The van der Waals surface area contributed by atoms with Gasteiger partial charge in [0, 0.05) is 10.0 Å². The minimum absolute atomic E-state index is 0.0980. The van der Waals surface area contributed by atoms with Crippen molar-refractivity contribution in [3.63, 3.8) is 0 Å². The lowest BCUT2D eigenvalue weighted by Crippen LogP contribution is -2.44. The molecule has 2 aliphatic rings. The van der Waals surface area contributed by atoms with Gasteiger partial charge in [0.15, 0.2) is 0 Å². The molecular weight excluding hydrogens is 434 g/mol. The molecule has 1 heterocycles. The normalized spacial score (nSPS) is 22.3. The van der Waals surface area contributed by atoms with Crippen molar-refractivity contribution in [3.8, 4) is 0 Å². The molecule has 1 aliphatic carbocycles. The van der Waals surface area contributed by atoms with Gasteiger partial charge in [-0.15, -0.1) is 0 Å². The van der Waals surface area contributed by atoms with Gasteiger partial charge >= 0.3 is 6.03 Å². The lowest BCUT2D eigenvalue weighted by Gasteiger charge is -2.24. The quantitative estimate of drug-likeness (QED) is 0.654. The van der Waals surface area contributed by atoms with Gasteiger partial charge in [0.25, 0.3) is 5.91 Å². The molecule has 2 atom stereocenters. The molecule has 4 amide bonds. The van der Waals surface area contributed by atoms with Crippen LogP contribution in [0.15, 0.2) is 59.1 Å². The van der Waals surface area contributed by atoms with Crippen molar-refractivity contribution >= 4 is 33.8 Å². The van der Waals surface area contributed by atoms with E-state index in [1.54, 1.807) is 19.1 Å². The fraction of sp³-hybridized carbons (Fsp3) is 0.318. The number of urea groups is 1. The molecular formula is C22H22BrN3O3. The molecule has 150 valence electrons.